The maximum absolute atomic E-state index is 5.97. The third kappa shape index (κ3) is 1.09. The average molecular weight is 224 g/mol. The lowest BCUT2D eigenvalue weighted by Gasteiger charge is -2.51. The predicted molar refractivity (Wildman–Crippen MR) is 59.1 cm³/mol. The van der Waals surface area contributed by atoms with E-state index in [9.17, 15) is 0 Å². The Labute approximate surface area is 96.1 Å². The van der Waals surface area contributed by atoms with Gasteiger partial charge in [0.2, 0.25) is 0 Å². The molecule has 0 aromatic rings. The van der Waals surface area contributed by atoms with Crippen molar-refractivity contribution in [2.45, 2.75) is 30.5 Å². The first kappa shape index (κ1) is 9.83. The number of rotatable bonds is 1. The highest BCUT2D eigenvalue weighted by atomic mass is 16.5. The minimum Gasteiger partial charge on any atom is -0.379 e. The van der Waals surface area contributed by atoms with Crippen LogP contribution in [0.3, 0.4) is 0 Å². The van der Waals surface area contributed by atoms with Crippen LogP contribution in [-0.4, -0.2) is 44.2 Å². The molecular formula is C12H20N2O2. The van der Waals surface area contributed by atoms with Crippen molar-refractivity contribution in [3.63, 3.8) is 0 Å². The van der Waals surface area contributed by atoms with Crippen molar-refractivity contribution in [2.75, 3.05) is 32.9 Å². The van der Waals surface area contributed by atoms with Gasteiger partial charge in [-0.1, -0.05) is 0 Å². The Hall–Kier alpha value is -0.160. The molecular weight excluding hydrogens is 204 g/mol. The van der Waals surface area contributed by atoms with Crippen molar-refractivity contribution in [3.05, 3.63) is 0 Å². The zero-order chi connectivity index (χ0) is 10.6. The van der Waals surface area contributed by atoms with Gasteiger partial charge >= 0.3 is 0 Å². The Kier molecular flexibility index (Phi) is 1.96. The van der Waals surface area contributed by atoms with Gasteiger partial charge in [0.25, 0.3) is 0 Å². The summed E-state index contributed by atoms with van der Waals surface area (Å²) in [6, 6.07) is 0. The lowest BCUT2D eigenvalue weighted by molar-refractivity contribution is -0.120. The minimum atomic E-state index is 0.0165. The van der Waals surface area contributed by atoms with Gasteiger partial charge < -0.3 is 14.8 Å². The largest absolute Gasteiger partial charge is 0.379 e. The number of hydrogen-bond acceptors (Lipinski definition) is 4. The number of nitrogens with one attached hydrogen (secondary N) is 2. The molecule has 16 heavy (non-hydrogen) atoms. The molecule has 4 nitrogen and oxygen atoms in total. The third-order valence-electron chi connectivity index (χ3n) is 5.21. The Morgan fingerprint density at radius 2 is 1.88 bits per heavy atom. The summed E-state index contributed by atoms with van der Waals surface area (Å²) < 4.78 is 11.7. The summed E-state index contributed by atoms with van der Waals surface area (Å²) in [5.74, 6) is 1.30. The molecule has 4 saturated heterocycles. The van der Waals surface area contributed by atoms with E-state index < -0.39 is 0 Å². The Balaban J connectivity index is 1.60. The molecule has 4 fully saturated rings. The van der Waals surface area contributed by atoms with Crippen LogP contribution in [0.25, 0.3) is 0 Å². The molecule has 0 amide bonds. The summed E-state index contributed by atoms with van der Waals surface area (Å²) in [6.45, 7) is 5.03. The van der Waals surface area contributed by atoms with E-state index in [0.29, 0.717) is 17.4 Å². The highest BCUT2D eigenvalue weighted by Crippen LogP contribution is 2.49. The van der Waals surface area contributed by atoms with Crippen molar-refractivity contribution in [2.24, 2.45) is 11.8 Å². The van der Waals surface area contributed by atoms with Crippen molar-refractivity contribution in [3.8, 4) is 0 Å². The summed E-state index contributed by atoms with van der Waals surface area (Å²) in [7, 11) is 0. The van der Waals surface area contributed by atoms with Gasteiger partial charge in [-0.15, -0.1) is 0 Å². The quantitative estimate of drug-likeness (QED) is 0.662. The number of ether oxygens (including phenoxy) is 2. The van der Waals surface area contributed by atoms with Crippen LogP contribution in [0.5, 0.6) is 0 Å². The molecule has 4 rings (SSSR count). The van der Waals surface area contributed by atoms with Crippen LogP contribution in [0.1, 0.15) is 19.3 Å². The van der Waals surface area contributed by atoms with Gasteiger partial charge in [0.15, 0.2) is 0 Å². The normalized spacial score (nSPS) is 55.5. The first-order valence-corrected chi connectivity index (χ1v) is 6.57. The topological polar surface area (TPSA) is 42.5 Å². The molecule has 0 saturated carbocycles. The fourth-order valence-electron chi connectivity index (χ4n) is 4.07. The van der Waals surface area contributed by atoms with E-state index in [0.717, 1.165) is 32.9 Å². The van der Waals surface area contributed by atoms with Crippen LogP contribution in [0.15, 0.2) is 0 Å². The van der Waals surface area contributed by atoms with Crippen LogP contribution in [0.2, 0.25) is 0 Å². The van der Waals surface area contributed by atoms with E-state index in [-0.39, 0.29) is 5.72 Å². The second-order valence-electron chi connectivity index (χ2n) is 5.76. The molecule has 4 heteroatoms. The fourth-order valence-corrected chi connectivity index (χ4v) is 4.07. The summed E-state index contributed by atoms with van der Waals surface area (Å²) in [5.41, 5.74) is 0.311. The Morgan fingerprint density at radius 3 is 2.50 bits per heavy atom. The SMILES string of the molecule is C1CC2(COCC2C2CCOC23CCN3)N1. The van der Waals surface area contributed by atoms with Gasteiger partial charge in [-0.3, -0.25) is 5.32 Å². The molecule has 4 atom stereocenters. The van der Waals surface area contributed by atoms with Gasteiger partial charge in [-0.05, 0) is 19.4 Å². The summed E-state index contributed by atoms with van der Waals surface area (Å²) in [5, 5.41) is 7.15. The second kappa shape index (κ2) is 3.19. The minimum absolute atomic E-state index is 0.0165. The van der Waals surface area contributed by atoms with Gasteiger partial charge in [0.05, 0.1) is 13.2 Å². The van der Waals surface area contributed by atoms with E-state index >= 15 is 0 Å². The van der Waals surface area contributed by atoms with Gasteiger partial charge in [-0.25, -0.2) is 0 Å². The highest BCUT2D eigenvalue weighted by molar-refractivity contribution is 5.12. The molecule has 2 N–H and O–H groups in total. The van der Waals surface area contributed by atoms with Crippen molar-refractivity contribution >= 4 is 0 Å². The summed E-state index contributed by atoms with van der Waals surface area (Å²) in [6.07, 6.45) is 3.67. The molecule has 0 radical (unpaired) electrons. The maximum atomic E-state index is 5.97. The van der Waals surface area contributed by atoms with Gasteiger partial charge in [-0.2, -0.15) is 0 Å². The van der Waals surface area contributed by atoms with E-state index in [1.807, 2.05) is 0 Å². The van der Waals surface area contributed by atoms with Crippen LogP contribution in [0, 0.1) is 11.8 Å². The Bertz CT molecular complexity index is 269. The molecule has 2 spiro atoms. The predicted octanol–water partition coefficient (Wildman–Crippen LogP) is 0.0910. The molecule has 0 aliphatic carbocycles. The van der Waals surface area contributed by atoms with E-state index in [1.165, 1.54) is 19.3 Å². The molecule has 90 valence electrons. The maximum Gasteiger partial charge on any atom is 0.123 e. The third-order valence-corrected chi connectivity index (χ3v) is 5.21. The van der Waals surface area contributed by atoms with Crippen molar-refractivity contribution in [1.82, 2.24) is 10.6 Å². The highest BCUT2D eigenvalue weighted by Gasteiger charge is 2.59. The van der Waals surface area contributed by atoms with Crippen molar-refractivity contribution < 1.29 is 9.47 Å². The molecule has 4 aliphatic heterocycles. The first-order chi connectivity index (χ1) is 7.85. The van der Waals surface area contributed by atoms with Crippen molar-refractivity contribution in [1.29, 1.82) is 0 Å². The average Bonchev–Trinajstić information content (AvgIpc) is 2.78. The van der Waals surface area contributed by atoms with E-state index in [1.54, 1.807) is 0 Å². The number of hydrogen-bond donors (Lipinski definition) is 2. The summed E-state index contributed by atoms with van der Waals surface area (Å²) in [4.78, 5) is 0. The Morgan fingerprint density at radius 1 is 1.06 bits per heavy atom. The van der Waals surface area contributed by atoms with Crippen LogP contribution < -0.4 is 10.6 Å². The van der Waals surface area contributed by atoms with Crippen LogP contribution in [0.4, 0.5) is 0 Å². The molecule has 0 aromatic carbocycles. The zero-order valence-electron chi connectivity index (χ0n) is 9.63. The molecule has 0 bridgehead atoms. The van der Waals surface area contributed by atoms with Gasteiger partial charge in [0.1, 0.15) is 5.72 Å². The van der Waals surface area contributed by atoms with Crippen LogP contribution >= 0.6 is 0 Å². The zero-order valence-corrected chi connectivity index (χ0v) is 9.63. The van der Waals surface area contributed by atoms with Gasteiger partial charge in [0, 0.05) is 36.9 Å². The van der Waals surface area contributed by atoms with Crippen LogP contribution in [-0.2, 0) is 9.47 Å². The molecule has 4 aliphatic rings. The molecule has 4 heterocycles. The molecule has 0 aromatic heterocycles. The fraction of sp³-hybridized carbons (Fsp3) is 1.00. The first-order valence-electron chi connectivity index (χ1n) is 6.57. The molecule has 4 unspecified atom stereocenters. The van der Waals surface area contributed by atoms with E-state index in [2.05, 4.69) is 10.6 Å². The van der Waals surface area contributed by atoms with E-state index in [4.69, 9.17) is 9.47 Å². The second-order valence-corrected chi connectivity index (χ2v) is 5.76. The summed E-state index contributed by atoms with van der Waals surface area (Å²) >= 11 is 0. The monoisotopic (exact) mass is 224 g/mol. The standard InChI is InChI=1S/C12H20N2O2/c1-6-16-12(3-5-14-12)9(1)10-7-15-8-11(10)2-4-13-11/h9-10,13-14H,1-8H2. The lowest BCUT2D eigenvalue weighted by atomic mass is 9.67. The lowest BCUT2D eigenvalue weighted by Crippen LogP contribution is -2.68. The smallest absolute Gasteiger partial charge is 0.123 e.